The summed E-state index contributed by atoms with van der Waals surface area (Å²) in [5, 5.41) is 3.35. The highest BCUT2D eigenvalue weighted by atomic mass is 16.5. The summed E-state index contributed by atoms with van der Waals surface area (Å²) < 4.78 is 11.4. The molecule has 1 heterocycles. The van der Waals surface area contributed by atoms with Crippen molar-refractivity contribution in [2.75, 3.05) is 26.4 Å². The van der Waals surface area contributed by atoms with Crippen LogP contribution < -0.4 is 10.1 Å². The van der Waals surface area contributed by atoms with Gasteiger partial charge in [0, 0.05) is 23.6 Å². The van der Waals surface area contributed by atoms with E-state index < -0.39 is 0 Å². The predicted octanol–water partition coefficient (Wildman–Crippen LogP) is 2.91. The average Bonchev–Trinajstić information content (AvgIpc) is 2.69. The molecule has 1 aromatic carbocycles. The minimum atomic E-state index is 0.132. The third-order valence-electron chi connectivity index (χ3n) is 3.70. The molecule has 0 aliphatic carbocycles. The second-order valence-corrected chi connectivity index (χ2v) is 6.47. The van der Waals surface area contributed by atoms with Gasteiger partial charge in [0.2, 0.25) is 0 Å². The average molecular weight is 277 g/mol. The molecule has 0 atom stereocenters. The second kappa shape index (κ2) is 6.59. The van der Waals surface area contributed by atoms with Crippen molar-refractivity contribution < 1.29 is 9.47 Å². The summed E-state index contributed by atoms with van der Waals surface area (Å²) in [6.45, 7) is 12.0. The Labute approximate surface area is 122 Å². The number of fused-ring (bicyclic) bond motifs is 1. The van der Waals surface area contributed by atoms with Crippen molar-refractivity contribution in [1.82, 2.24) is 5.32 Å². The SMILES string of the molecule is CC(C)NCCOCCc1ccc2c(c1)C(C)(C)CO2. The van der Waals surface area contributed by atoms with Crippen LogP contribution in [0.5, 0.6) is 5.75 Å². The van der Waals surface area contributed by atoms with Crippen molar-refractivity contribution in [3.8, 4) is 5.75 Å². The van der Waals surface area contributed by atoms with Gasteiger partial charge in [-0.3, -0.25) is 0 Å². The zero-order chi connectivity index (χ0) is 14.6. The first-order valence-electron chi connectivity index (χ1n) is 7.56. The minimum Gasteiger partial charge on any atom is -0.492 e. The first-order chi connectivity index (χ1) is 9.49. The van der Waals surface area contributed by atoms with Crippen LogP contribution in [0.1, 0.15) is 38.8 Å². The van der Waals surface area contributed by atoms with Crippen LogP contribution in [-0.2, 0) is 16.6 Å². The minimum absolute atomic E-state index is 0.132. The number of hydrogen-bond acceptors (Lipinski definition) is 3. The molecular formula is C17H27NO2. The summed E-state index contributed by atoms with van der Waals surface area (Å²) in [5.74, 6) is 1.04. The van der Waals surface area contributed by atoms with E-state index in [0.29, 0.717) is 6.04 Å². The first-order valence-corrected chi connectivity index (χ1v) is 7.56. The van der Waals surface area contributed by atoms with E-state index >= 15 is 0 Å². The second-order valence-electron chi connectivity index (χ2n) is 6.47. The molecule has 0 saturated carbocycles. The molecule has 3 heteroatoms. The van der Waals surface area contributed by atoms with E-state index in [0.717, 1.165) is 38.5 Å². The van der Waals surface area contributed by atoms with Crippen molar-refractivity contribution in [2.24, 2.45) is 0 Å². The third kappa shape index (κ3) is 3.97. The maximum atomic E-state index is 5.71. The Bertz CT molecular complexity index is 441. The third-order valence-corrected chi connectivity index (χ3v) is 3.70. The molecular weight excluding hydrogens is 250 g/mol. The fourth-order valence-corrected chi connectivity index (χ4v) is 2.44. The van der Waals surface area contributed by atoms with Crippen LogP contribution in [0, 0.1) is 0 Å². The molecule has 1 aliphatic rings. The maximum Gasteiger partial charge on any atom is 0.123 e. The molecule has 0 spiro atoms. The van der Waals surface area contributed by atoms with Crippen molar-refractivity contribution in [2.45, 2.75) is 45.6 Å². The van der Waals surface area contributed by atoms with Crippen LogP contribution in [-0.4, -0.2) is 32.4 Å². The molecule has 1 aliphatic heterocycles. The van der Waals surface area contributed by atoms with E-state index in [4.69, 9.17) is 9.47 Å². The van der Waals surface area contributed by atoms with E-state index in [2.05, 4.69) is 51.2 Å². The van der Waals surface area contributed by atoms with E-state index in [9.17, 15) is 0 Å². The van der Waals surface area contributed by atoms with Gasteiger partial charge in [0.05, 0.1) is 19.8 Å². The fourth-order valence-electron chi connectivity index (χ4n) is 2.44. The van der Waals surface area contributed by atoms with Gasteiger partial charge in [-0.2, -0.15) is 0 Å². The first kappa shape index (κ1) is 15.3. The molecule has 1 aromatic rings. The summed E-state index contributed by atoms with van der Waals surface area (Å²) in [5.41, 5.74) is 2.79. The molecule has 0 aromatic heterocycles. The van der Waals surface area contributed by atoms with Gasteiger partial charge >= 0.3 is 0 Å². The Balaban J connectivity index is 1.77. The standard InChI is InChI=1S/C17H27NO2/c1-13(2)18-8-10-19-9-7-14-5-6-16-15(11-14)17(3,4)12-20-16/h5-6,11,13,18H,7-10,12H2,1-4H3. The number of ether oxygens (including phenoxy) is 2. The lowest BCUT2D eigenvalue weighted by Gasteiger charge is -2.16. The zero-order valence-corrected chi connectivity index (χ0v) is 13.2. The molecule has 0 bridgehead atoms. The Morgan fingerprint density at radius 2 is 2.10 bits per heavy atom. The van der Waals surface area contributed by atoms with Gasteiger partial charge in [-0.15, -0.1) is 0 Å². The van der Waals surface area contributed by atoms with Crippen molar-refractivity contribution >= 4 is 0 Å². The lowest BCUT2D eigenvalue weighted by Crippen LogP contribution is -2.26. The number of rotatable bonds is 7. The van der Waals surface area contributed by atoms with Gasteiger partial charge in [-0.1, -0.05) is 39.8 Å². The summed E-state index contributed by atoms with van der Waals surface area (Å²) in [7, 11) is 0. The maximum absolute atomic E-state index is 5.71. The highest BCUT2D eigenvalue weighted by Gasteiger charge is 2.31. The summed E-state index contributed by atoms with van der Waals surface area (Å²) >= 11 is 0. The van der Waals surface area contributed by atoms with Gasteiger partial charge < -0.3 is 14.8 Å². The highest BCUT2D eigenvalue weighted by Crippen LogP contribution is 2.38. The number of benzene rings is 1. The van der Waals surface area contributed by atoms with Gasteiger partial charge in [-0.25, -0.2) is 0 Å². The number of hydrogen-bond donors (Lipinski definition) is 1. The molecule has 0 fully saturated rings. The Kier molecular flexibility index (Phi) is 5.06. The molecule has 112 valence electrons. The number of nitrogens with one attached hydrogen (secondary N) is 1. The Hall–Kier alpha value is -1.06. The van der Waals surface area contributed by atoms with Gasteiger partial charge in [-0.05, 0) is 18.1 Å². The monoisotopic (exact) mass is 277 g/mol. The van der Waals surface area contributed by atoms with E-state index in [1.54, 1.807) is 0 Å². The zero-order valence-electron chi connectivity index (χ0n) is 13.2. The molecule has 0 amide bonds. The molecule has 0 unspecified atom stereocenters. The largest absolute Gasteiger partial charge is 0.492 e. The smallest absolute Gasteiger partial charge is 0.123 e. The van der Waals surface area contributed by atoms with Crippen LogP contribution in [0.15, 0.2) is 18.2 Å². The van der Waals surface area contributed by atoms with Crippen LogP contribution in [0.4, 0.5) is 0 Å². The molecule has 0 saturated heterocycles. The van der Waals surface area contributed by atoms with Gasteiger partial charge in [0.15, 0.2) is 0 Å². The quantitative estimate of drug-likeness (QED) is 0.777. The van der Waals surface area contributed by atoms with Crippen LogP contribution >= 0.6 is 0 Å². The Morgan fingerprint density at radius 3 is 2.85 bits per heavy atom. The topological polar surface area (TPSA) is 30.5 Å². The fraction of sp³-hybridized carbons (Fsp3) is 0.647. The Morgan fingerprint density at radius 1 is 1.30 bits per heavy atom. The molecule has 1 N–H and O–H groups in total. The highest BCUT2D eigenvalue weighted by molar-refractivity contribution is 5.45. The van der Waals surface area contributed by atoms with Crippen molar-refractivity contribution in [3.63, 3.8) is 0 Å². The molecule has 2 rings (SSSR count). The van der Waals surface area contributed by atoms with Gasteiger partial charge in [0.25, 0.3) is 0 Å². The van der Waals surface area contributed by atoms with E-state index in [-0.39, 0.29) is 5.41 Å². The summed E-state index contributed by atoms with van der Waals surface area (Å²) in [6.07, 6.45) is 0.963. The lowest BCUT2D eigenvalue weighted by molar-refractivity contribution is 0.137. The molecule has 3 nitrogen and oxygen atoms in total. The normalized spacial score (nSPS) is 16.2. The van der Waals surface area contributed by atoms with Crippen LogP contribution in [0.25, 0.3) is 0 Å². The summed E-state index contributed by atoms with van der Waals surface area (Å²) in [6, 6.07) is 7.05. The lowest BCUT2D eigenvalue weighted by atomic mass is 9.86. The van der Waals surface area contributed by atoms with Crippen molar-refractivity contribution in [1.29, 1.82) is 0 Å². The summed E-state index contributed by atoms with van der Waals surface area (Å²) in [4.78, 5) is 0. The molecule has 20 heavy (non-hydrogen) atoms. The van der Waals surface area contributed by atoms with Crippen LogP contribution in [0.3, 0.4) is 0 Å². The molecule has 0 radical (unpaired) electrons. The van der Waals surface area contributed by atoms with Gasteiger partial charge in [0.1, 0.15) is 5.75 Å². The van der Waals surface area contributed by atoms with E-state index in [1.165, 1.54) is 11.1 Å². The van der Waals surface area contributed by atoms with Crippen molar-refractivity contribution in [3.05, 3.63) is 29.3 Å². The predicted molar refractivity (Wildman–Crippen MR) is 82.6 cm³/mol. The van der Waals surface area contributed by atoms with E-state index in [1.807, 2.05) is 0 Å². The van der Waals surface area contributed by atoms with Crippen LogP contribution in [0.2, 0.25) is 0 Å².